The number of rotatable bonds is 4. The van der Waals surface area contributed by atoms with Crippen LogP contribution in [0.2, 0.25) is 0 Å². The molecule has 1 N–H and O–H groups in total. The van der Waals surface area contributed by atoms with Gasteiger partial charge in [0, 0.05) is 17.7 Å². The Hall–Kier alpha value is -2.98. The number of non-ortho nitro benzene ring substituents is 1. The molecule has 0 saturated carbocycles. The van der Waals surface area contributed by atoms with Crippen molar-refractivity contribution >= 4 is 52.2 Å². The van der Waals surface area contributed by atoms with Crippen molar-refractivity contribution in [1.29, 1.82) is 0 Å². The van der Waals surface area contributed by atoms with Crippen molar-refractivity contribution in [3.05, 3.63) is 62.9 Å². The summed E-state index contributed by atoms with van der Waals surface area (Å²) in [5, 5.41) is 25.7. The maximum atomic E-state index is 12.4. The zero-order valence-electron chi connectivity index (χ0n) is 12.4. The SMILES string of the molecule is O=C1C(=Cc2cc([N+](=O)[O-])ccc2O)SC(=S)N1N=Cc1ccco1. The molecular formula is C15H9N3O5S2. The highest BCUT2D eigenvalue weighted by Gasteiger charge is 2.32. The fourth-order valence-electron chi connectivity index (χ4n) is 1.95. The Bertz CT molecular complexity index is 921. The summed E-state index contributed by atoms with van der Waals surface area (Å²) >= 11 is 6.10. The molecule has 126 valence electrons. The van der Waals surface area contributed by atoms with Crippen molar-refractivity contribution < 1.29 is 19.2 Å². The number of carbonyl (C=O) groups excluding carboxylic acids is 1. The van der Waals surface area contributed by atoms with Gasteiger partial charge in [0.15, 0.2) is 4.32 Å². The van der Waals surface area contributed by atoms with Crippen molar-refractivity contribution in [3.8, 4) is 5.75 Å². The second kappa shape index (κ2) is 6.87. The molecule has 2 heterocycles. The van der Waals surface area contributed by atoms with Crippen molar-refractivity contribution in [2.75, 3.05) is 0 Å². The Kier molecular flexibility index (Phi) is 4.63. The zero-order chi connectivity index (χ0) is 18.0. The van der Waals surface area contributed by atoms with E-state index in [-0.39, 0.29) is 26.2 Å². The largest absolute Gasteiger partial charge is 0.507 e. The topological polar surface area (TPSA) is 109 Å². The van der Waals surface area contributed by atoms with Crippen LogP contribution in [0.5, 0.6) is 5.75 Å². The molecule has 0 aliphatic carbocycles. The van der Waals surface area contributed by atoms with E-state index in [9.17, 15) is 20.0 Å². The molecule has 2 aromatic rings. The number of phenolic OH excluding ortho intramolecular Hbond substituents is 1. The molecule has 3 rings (SSSR count). The van der Waals surface area contributed by atoms with Gasteiger partial charge in [-0.2, -0.15) is 10.1 Å². The van der Waals surface area contributed by atoms with E-state index < -0.39 is 10.8 Å². The number of nitro benzene ring substituents is 1. The Morgan fingerprint density at radius 1 is 1.40 bits per heavy atom. The second-order valence-corrected chi connectivity index (χ2v) is 6.43. The first-order valence-corrected chi connectivity index (χ1v) is 8.01. The first-order chi connectivity index (χ1) is 12.0. The van der Waals surface area contributed by atoms with Crippen LogP contribution in [0.4, 0.5) is 5.69 Å². The van der Waals surface area contributed by atoms with Crippen LogP contribution in [0.15, 0.2) is 51.0 Å². The molecule has 0 atom stereocenters. The Labute approximate surface area is 150 Å². The van der Waals surface area contributed by atoms with Crippen LogP contribution in [0.3, 0.4) is 0 Å². The lowest BCUT2D eigenvalue weighted by atomic mass is 10.1. The van der Waals surface area contributed by atoms with Crippen LogP contribution in [0.25, 0.3) is 6.08 Å². The third-order valence-electron chi connectivity index (χ3n) is 3.13. The molecule has 1 aliphatic heterocycles. The number of thiocarbonyl (C=S) groups is 1. The first kappa shape index (κ1) is 16.9. The van der Waals surface area contributed by atoms with E-state index >= 15 is 0 Å². The van der Waals surface area contributed by atoms with Crippen molar-refractivity contribution in [3.63, 3.8) is 0 Å². The van der Waals surface area contributed by atoms with Gasteiger partial charge in [-0.3, -0.25) is 14.9 Å². The van der Waals surface area contributed by atoms with E-state index in [0.717, 1.165) is 16.8 Å². The number of phenols is 1. The van der Waals surface area contributed by atoms with Gasteiger partial charge < -0.3 is 9.52 Å². The minimum atomic E-state index is -0.588. The lowest BCUT2D eigenvalue weighted by Gasteiger charge is -2.05. The molecular weight excluding hydrogens is 366 g/mol. The first-order valence-electron chi connectivity index (χ1n) is 6.78. The molecule has 10 heteroatoms. The molecule has 1 aliphatic rings. The lowest BCUT2D eigenvalue weighted by Crippen LogP contribution is -2.22. The van der Waals surface area contributed by atoms with Crippen LogP contribution >= 0.6 is 24.0 Å². The van der Waals surface area contributed by atoms with Crippen LogP contribution < -0.4 is 0 Å². The number of carbonyl (C=O) groups is 1. The normalized spacial score (nSPS) is 16.3. The van der Waals surface area contributed by atoms with Crippen LogP contribution in [-0.2, 0) is 4.79 Å². The van der Waals surface area contributed by atoms with E-state index in [2.05, 4.69) is 5.10 Å². The quantitative estimate of drug-likeness (QED) is 0.287. The highest BCUT2D eigenvalue weighted by Crippen LogP contribution is 2.35. The summed E-state index contributed by atoms with van der Waals surface area (Å²) < 4.78 is 5.29. The molecule has 1 amide bonds. The van der Waals surface area contributed by atoms with Gasteiger partial charge in [0.25, 0.3) is 11.6 Å². The third kappa shape index (κ3) is 3.59. The van der Waals surface area contributed by atoms with Gasteiger partial charge in [0.05, 0.1) is 22.3 Å². The van der Waals surface area contributed by atoms with E-state index in [4.69, 9.17) is 16.6 Å². The molecule has 0 unspecified atom stereocenters. The van der Waals surface area contributed by atoms with E-state index in [1.807, 2.05) is 0 Å². The molecule has 0 radical (unpaired) electrons. The number of hydrogen-bond donors (Lipinski definition) is 1. The molecule has 1 aromatic heterocycles. The fourth-order valence-corrected chi connectivity index (χ4v) is 3.11. The Morgan fingerprint density at radius 2 is 2.20 bits per heavy atom. The average Bonchev–Trinajstić information content (AvgIpc) is 3.17. The number of hydrogen-bond acceptors (Lipinski definition) is 8. The van der Waals surface area contributed by atoms with Crippen LogP contribution in [0.1, 0.15) is 11.3 Å². The van der Waals surface area contributed by atoms with Crippen molar-refractivity contribution in [2.45, 2.75) is 0 Å². The van der Waals surface area contributed by atoms with Gasteiger partial charge in [-0.15, -0.1) is 0 Å². The highest BCUT2D eigenvalue weighted by molar-refractivity contribution is 8.26. The van der Waals surface area contributed by atoms with E-state index in [1.54, 1.807) is 12.1 Å². The average molecular weight is 375 g/mol. The summed E-state index contributed by atoms with van der Waals surface area (Å²) in [6, 6.07) is 6.88. The number of nitro groups is 1. The minimum absolute atomic E-state index is 0.143. The molecule has 0 spiro atoms. The maximum absolute atomic E-state index is 12.4. The molecule has 8 nitrogen and oxygen atoms in total. The van der Waals surface area contributed by atoms with Crippen LogP contribution in [-0.4, -0.2) is 31.5 Å². The van der Waals surface area contributed by atoms with Crippen LogP contribution in [0, 0.1) is 10.1 Å². The molecule has 1 fully saturated rings. The van der Waals surface area contributed by atoms with Gasteiger partial charge in [0.1, 0.15) is 11.5 Å². The molecule has 0 bridgehead atoms. The summed E-state index contributed by atoms with van der Waals surface area (Å²) in [5.41, 5.74) is -0.0555. The lowest BCUT2D eigenvalue weighted by molar-refractivity contribution is -0.384. The van der Waals surface area contributed by atoms with Crippen molar-refractivity contribution in [2.24, 2.45) is 5.10 Å². The number of amides is 1. The number of benzene rings is 1. The molecule has 1 aromatic carbocycles. The maximum Gasteiger partial charge on any atom is 0.286 e. The van der Waals surface area contributed by atoms with E-state index in [1.165, 1.54) is 36.8 Å². The molecule has 25 heavy (non-hydrogen) atoms. The smallest absolute Gasteiger partial charge is 0.286 e. The van der Waals surface area contributed by atoms with E-state index in [0.29, 0.717) is 5.76 Å². The summed E-state index contributed by atoms with van der Waals surface area (Å²) in [6.45, 7) is 0. The number of hydrazone groups is 1. The fraction of sp³-hybridized carbons (Fsp3) is 0. The third-order valence-corrected chi connectivity index (χ3v) is 4.41. The number of aromatic hydroxyl groups is 1. The highest BCUT2D eigenvalue weighted by atomic mass is 32.2. The summed E-state index contributed by atoms with van der Waals surface area (Å²) in [4.78, 5) is 22.8. The number of nitrogens with zero attached hydrogens (tertiary/aromatic N) is 3. The van der Waals surface area contributed by atoms with Crippen molar-refractivity contribution in [1.82, 2.24) is 5.01 Å². The predicted molar refractivity (Wildman–Crippen MR) is 96.1 cm³/mol. The monoisotopic (exact) mass is 375 g/mol. The molecule has 1 saturated heterocycles. The Morgan fingerprint density at radius 3 is 2.88 bits per heavy atom. The number of thioether (sulfide) groups is 1. The minimum Gasteiger partial charge on any atom is -0.507 e. The van der Waals surface area contributed by atoms with Gasteiger partial charge in [-0.05, 0) is 36.5 Å². The predicted octanol–water partition coefficient (Wildman–Crippen LogP) is 3.13. The zero-order valence-corrected chi connectivity index (χ0v) is 14.0. The van der Waals surface area contributed by atoms with Gasteiger partial charge in [-0.25, -0.2) is 0 Å². The summed E-state index contributed by atoms with van der Waals surface area (Å²) in [7, 11) is 0. The number of furan rings is 1. The van der Waals surface area contributed by atoms with Gasteiger partial charge in [-0.1, -0.05) is 11.8 Å². The second-order valence-electron chi connectivity index (χ2n) is 4.75. The van der Waals surface area contributed by atoms with Gasteiger partial charge >= 0.3 is 0 Å². The Balaban J connectivity index is 1.88. The standard InChI is InChI=1S/C15H9N3O5S2/c19-12-4-3-10(18(21)22)6-9(12)7-13-14(20)17(15(24)25-13)16-8-11-2-1-5-23-11/h1-8,19H. The summed E-state index contributed by atoms with van der Waals surface area (Å²) in [6.07, 6.45) is 4.15. The summed E-state index contributed by atoms with van der Waals surface area (Å²) in [5.74, 6) is -0.229. The van der Waals surface area contributed by atoms with Gasteiger partial charge in [0.2, 0.25) is 0 Å².